The maximum absolute atomic E-state index is 12.8. The predicted molar refractivity (Wildman–Crippen MR) is 117 cm³/mol. The molecule has 1 saturated carbocycles. The predicted octanol–water partition coefficient (Wildman–Crippen LogP) is 5.21. The molecule has 30 heavy (non-hydrogen) atoms. The quantitative estimate of drug-likeness (QED) is 0.407. The normalized spacial score (nSPS) is 27.9. The zero-order valence-electron chi connectivity index (χ0n) is 18.5. The van der Waals surface area contributed by atoms with Crippen molar-refractivity contribution in [3.63, 3.8) is 0 Å². The summed E-state index contributed by atoms with van der Waals surface area (Å²) in [5.74, 6) is 0.574. The molecule has 1 aromatic carbocycles. The highest BCUT2D eigenvalue weighted by Gasteiger charge is 2.37. The number of hydrogen-bond donors (Lipinski definition) is 1. The van der Waals surface area contributed by atoms with Crippen LogP contribution in [0, 0.1) is 5.92 Å². The summed E-state index contributed by atoms with van der Waals surface area (Å²) < 4.78 is 11.9. The third kappa shape index (κ3) is 6.21. The first-order valence-electron chi connectivity index (χ1n) is 11.2. The Labute approximate surface area is 180 Å². The molecule has 0 radical (unpaired) electrons. The molecule has 1 aromatic rings. The summed E-state index contributed by atoms with van der Waals surface area (Å²) >= 11 is 0. The van der Waals surface area contributed by atoms with Crippen molar-refractivity contribution in [1.82, 2.24) is 4.90 Å². The largest absolute Gasteiger partial charge is 0.444 e. The zero-order chi connectivity index (χ0) is 21.6. The summed E-state index contributed by atoms with van der Waals surface area (Å²) in [5.41, 5.74) is 0.870. The maximum Gasteiger partial charge on any atom is 0.410 e. The van der Waals surface area contributed by atoms with Crippen molar-refractivity contribution in [2.45, 2.75) is 83.0 Å². The first kappa shape index (κ1) is 22.6. The van der Waals surface area contributed by atoms with Gasteiger partial charge in [-0.3, -0.25) is 0 Å². The van der Waals surface area contributed by atoms with Crippen molar-refractivity contribution in [3.05, 3.63) is 35.9 Å². The number of oxime groups is 1. The van der Waals surface area contributed by atoms with Gasteiger partial charge in [-0.25, -0.2) is 4.79 Å². The summed E-state index contributed by atoms with van der Waals surface area (Å²) in [6.07, 6.45) is 7.45. The molecule has 1 N–H and O–H groups in total. The van der Waals surface area contributed by atoms with Gasteiger partial charge in [0, 0.05) is 18.7 Å². The van der Waals surface area contributed by atoms with Crippen LogP contribution in [-0.4, -0.2) is 53.3 Å². The Morgan fingerprint density at radius 2 is 1.87 bits per heavy atom. The zero-order valence-corrected chi connectivity index (χ0v) is 18.5. The molecule has 0 aromatic heterocycles. The first-order chi connectivity index (χ1) is 14.4. The van der Waals surface area contributed by atoms with E-state index in [-0.39, 0.29) is 24.2 Å². The van der Waals surface area contributed by atoms with Crippen molar-refractivity contribution in [2.75, 3.05) is 13.2 Å². The molecule has 6 nitrogen and oxygen atoms in total. The molecule has 1 saturated heterocycles. The van der Waals surface area contributed by atoms with Gasteiger partial charge in [-0.2, -0.15) is 0 Å². The van der Waals surface area contributed by atoms with Crippen LogP contribution in [0.15, 0.2) is 35.5 Å². The minimum Gasteiger partial charge on any atom is -0.444 e. The second-order valence-corrected chi connectivity index (χ2v) is 9.53. The average Bonchev–Trinajstić information content (AvgIpc) is 2.72. The maximum atomic E-state index is 12.8. The van der Waals surface area contributed by atoms with E-state index < -0.39 is 5.60 Å². The second-order valence-electron chi connectivity index (χ2n) is 9.53. The standard InChI is InChI=1S/C24H36N2O4/c1-24(2,3)30-23(27)26-15-7-10-20(16-25-28)22(26)17-29-21-13-11-19(12-14-21)18-8-5-4-6-9-18/h4-6,8-9,16,19-22,28H,7,10-15,17H2,1-3H3. The van der Waals surface area contributed by atoms with E-state index in [0.717, 1.165) is 38.5 Å². The number of benzene rings is 1. The smallest absolute Gasteiger partial charge is 0.410 e. The number of nitrogens with zero attached hydrogens (tertiary/aromatic N) is 2. The van der Waals surface area contributed by atoms with Gasteiger partial charge in [0.15, 0.2) is 0 Å². The summed E-state index contributed by atoms with van der Waals surface area (Å²) in [4.78, 5) is 14.5. The molecule has 3 rings (SSSR count). The highest BCUT2D eigenvalue weighted by molar-refractivity contribution is 5.71. The molecule has 166 valence electrons. The van der Waals surface area contributed by atoms with E-state index >= 15 is 0 Å². The van der Waals surface area contributed by atoms with Crippen molar-refractivity contribution >= 4 is 12.3 Å². The molecule has 2 unspecified atom stereocenters. The molecule has 1 heterocycles. The van der Waals surface area contributed by atoms with Crippen molar-refractivity contribution in [2.24, 2.45) is 11.1 Å². The fourth-order valence-corrected chi connectivity index (χ4v) is 4.63. The minimum atomic E-state index is -0.545. The molecule has 2 atom stereocenters. The van der Waals surface area contributed by atoms with Crippen LogP contribution in [0.2, 0.25) is 0 Å². The molecule has 1 aliphatic carbocycles. The van der Waals surface area contributed by atoms with Crippen LogP contribution in [-0.2, 0) is 9.47 Å². The Bertz CT molecular complexity index is 693. The number of carbonyl (C=O) groups excluding carboxylic acids is 1. The lowest BCUT2D eigenvalue weighted by molar-refractivity contribution is -0.0396. The van der Waals surface area contributed by atoms with Gasteiger partial charge in [-0.15, -0.1) is 5.16 Å². The molecule has 0 spiro atoms. The van der Waals surface area contributed by atoms with E-state index in [1.165, 1.54) is 11.8 Å². The van der Waals surface area contributed by atoms with Crippen LogP contribution in [0.4, 0.5) is 4.79 Å². The van der Waals surface area contributed by atoms with Crippen LogP contribution in [0.3, 0.4) is 0 Å². The van der Waals surface area contributed by atoms with Gasteiger partial charge in [0.2, 0.25) is 0 Å². The molecule has 2 fully saturated rings. The van der Waals surface area contributed by atoms with E-state index in [4.69, 9.17) is 14.7 Å². The van der Waals surface area contributed by atoms with Crippen molar-refractivity contribution in [3.8, 4) is 0 Å². The third-order valence-corrected chi connectivity index (χ3v) is 6.17. The molecule has 1 aliphatic heterocycles. The topological polar surface area (TPSA) is 71.4 Å². The van der Waals surface area contributed by atoms with Gasteiger partial charge in [-0.05, 0) is 70.8 Å². The number of ether oxygens (including phenoxy) is 2. The molecule has 6 heteroatoms. The Hall–Kier alpha value is -2.08. The summed E-state index contributed by atoms with van der Waals surface area (Å²) in [5, 5.41) is 12.4. The number of carbonyl (C=O) groups is 1. The Morgan fingerprint density at radius 3 is 2.50 bits per heavy atom. The number of amides is 1. The van der Waals surface area contributed by atoms with Gasteiger partial charge in [-0.1, -0.05) is 30.3 Å². The van der Waals surface area contributed by atoms with Gasteiger partial charge >= 0.3 is 6.09 Å². The van der Waals surface area contributed by atoms with E-state index in [2.05, 4.69) is 35.5 Å². The van der Waals surface area contributed by atoms with E-state index in [1.807, 2.05) is 20.8 Å². The van der Waals surface area contributed by atoms with Gasteiger partial charge in [0.25, 0.3) is 0 Å². The van der Waals surface area contributed by atoms with Crippen LogP contribution in [0.5, 0.6) is 0 Å². The number of piperidine rings is 1. The van der Waals surface area contributed by atoms with Crippen LogP contribution >= 0.6 is 0 Å². The lowest BCUT2D eigenvalue weighted by Crippen LogP contribution is -2.53. The Kier molecular flexibility index (Phi) is 7.75. The SMILES string of the molecule is CC(C)(C)OC(=O)N1CCCC(C=NO)C1COC1CCC(c2ccccc2)CC1. The Morgan fingerprint density at radius 1 is 1.17 bits per heavy atom. The Balaban J connectivity index is 1.58. The minimum absolute atomic E-state index is 0.0306. The fraction of sp³-hybridized carbons (Fsp3) is 0.667. The lowest BCUT2D eigenvalue weighted by Gasteiger charge is -2.41. The number of hydrogen-bond acceptors (Lipinski definition) is 5. The second kappa shape index (κ2) is 10.3. The summed E-state index contributed by atoms with van der Waals surface area (Å²) in [6, 6.07) is 10.5. The molecule has 0 bridgehead atoms. The van der Waals surface area contributed by atoms with E-state index in [1.54, 1.807) is 4.90 Å². The molecular weight excluding hydrogens is 380 g/mol. The van der Waals surface area contributed by atoms with Gasteiger partial charge in [0.1, 0.15) is 5.60 Å². The van der Waals surface area contributed by atoms with Crippen LogP contribution in [0.25, 0.3) is 0 Å². The fourth-order valence-electron chi connectivity index (χ4n) is 4.63. The molecular formula is C24H36N2O4. The first-order valence-corrected chi connectivity index (χ1v) is 11.2. The highest BCUT2D eigenvalue weighted by atomic mass is 16.6. The van der Waals surface area contributed by atoms with Gasteiger partial charge < -0.3 is 19.6 Å². The molecule has 2 aliphatic rings. The van der Waals surface area contributed by atoms with E-state index in [9.17, 15) is 4.79 Å². The lowest BCUT2D eigenvalue weighted by atomic mass is 9.82. The van der Waals surface area contributed by atoms with Gasteiger partial charge in [0.05, 0.1) is 18.8 Å². The number of likely N-dealkylation sites (tertiary alicyclic amines) is 1. The third-order valence-electron chi connectivity index (χ3n) is 6.17. The summed E-state index contributed by atoms with van der Waals surface area (Å²) in [6.45, 7) is 6.70. The van der Waals surface area contributed by atoms with Crippen molar-refractivity contribution in [1.29, 1.82) is 0 Å². The van der Waals surface area contributed by atoms with Crippen molar-refractivity contribution < 1.29 is 19.5 Å². The van der Waals surface area contributed by atoms with E-state index in [0.29, 0.717) is 19.1 Å². The van der Waals surface area contributed by atoms with Crippen LogP contribution in [0.1, 0.15) is 70.8 Å². The monoisotopic (exact) mass is 416 g/mol. The highest BCUT2D eigenvalue weighted by Crippen LogP contribution is 2.34. The number of rotatable bonds is 5. The molecule has 1 amide bonds. The van der Waals surface area contributed by atoms with Crippen LogP contribution < -0.4 is 0 Å². The average molecular weight is 417 g/mol. The summed E-state index contributed by atoms with van der Waals surface area (Å²) in [7, 11) is 0.